The molecular formula is C52H89NO5. The topological polar surface area (TPSA) is 95.9 Å². The molecule has 3 atom stereocenters. The molecule has 0 aromatic rings. The lowest BCUT2D eigenvalue weighted by Crippen LogP contribution is -2.46. The highest BCUT2D eigenvalue weighted by molar-refractivity contribution is 5.77. The van der Waals surface area contributed by atoms with Gasteiger partial charge in [-0.3, -0.25) is 9.59 Å². The van der Waals surface area contributed by atoms with E-state index in [-0.39, 0.29) is 24.9 Å². The van der Waals surface area contributed by atoms with Gasteiger partial charge >= 0.3 is 5.97 Å². The van der Waals surface area contributed by atoms with Gasteiger partial charge in [0.25, 0.3) is 0 Å². The first kappa shape index (κ1) is 55.0. The van der Waals surface area contributed by atoms with Gasteiger partial charge in [-0.15, -0.1) is 0 Å². The summed E-state index contributed by atoms with van der Waals surface area (Å²) in [6.07, 6.45) is 57.9. The molecule has 0 aromatic heterocycles. The SMILES string of the molecule is CC/C=C/C=C/C=C\C=C/C=C/CCCC(=O)OC(CCCCCCC/C=C/C/C=C/CC)CC(=O)NC(CO)C(O)CCCCCCCCCCCCCCCC. The third-order valence-corrected chi connectivity index (χ3v) is 10.3. The summed E-state index contributed by atoms with van der Waals surface area (Å²) in [5.41, 5.74) is 0. The van der Waals surface area contributed by atoms with Gasteiger partial charge in [0, 0.05) is 6.42 Å². The van der Waals surface area contributed by atoms with E-state index in [2.05, 4.69) is 56.5 Å². The molecule has 0 spiro atoms. The minimum Gasteiger partial charge on any atom is -0.462 e. The standard InChI is InChI=1S/C52H89NO5/c1-4-7-10-13-16-19-22-25-27-29-32-35-38-41-44-50(55)49(47-54)53-51(56)46-48(43-40-37-34-31-28-24-21-18-15-12-9-6-3)58-52(57)45-42-39-36-33-30-26-23-20-17-14-11-8-5-2/h8-9,11-12,14,17-18,20-21,23,26,30,33,36,48-50,54-55H,4-7,10,13,15-16,19,22,24-25,27-29,31-32,34-35,37-47H2,1-3H3,(H,53,56)/b11-8+,12-9+,17-14+,21-18+,23-20-,30-26-,36-33+. The van der Waals surface area contributed by atoms with E-state index in [4.69, 9.17) is 4.74 Å². The van der Waals surface area contributed by atoms with Crippen molar-refractivity contribution in [2.45, 2.75) is 225 Å². The van der Waals surface area contributed by atoms with Crippen molar-refractivity contribution < 1.29 is 24.5 Å². The molecule has 1 amide bonds. The normalized spacial score (nSPS) is 14.1. The molecule has 0 heterocycles. The highest BCUT2D eigenvalue weighted by Gasteiger charge is 2.24. The molecular weight excluding hydrogens is 719 g/mol. The van der Waals surface area contributed by atoms with E-state index in [0.717, 1.165) is 83.5 Å². The molecule has 58 heavy (non-hydrogen) atoms. The van der Waals surface area contributed by atoms with E-state index in [0.29, 0.717) is 25.7 Å². The Morgan fingerprint density at radius 1 is 0.534 bits per heavy atom. The molecule has 3 unspecified atom stereocenters. The molecule has 0 aliphatic rings. The first-order valence-corrected chi connectivity index (χ1v) is 23.9. The lowest BCUT2D eigenvalue weighted by Gasteiger charge is -2.24. The molecule has 332 valence electrons. The molecule has 0 aliphatic carbocycles. The number of aliphatic hydroxyl groups excluding tert-OH is 2. The van der Waals surface area contributed by atoms with Crippen LogP contribution in [-0.4, -0.2) is 46.9 Å². The van der Waals surface area contributed by atoms with Crippen molar-refractivity contribution in [3.05, 3.63) is 85.1 Å². The average molecular weight is 808 g/mol. The molecule has 0 saturated carbocycles. The number of allylic oxidation sites excluding steroid dienone is 14. The van der Waals surface area contributed by atoms with Gasteiger partial charge in [-0.1, -0.05) is 215 Å². The highest BCUT2D eigenvalue weighted by Crippen LogP contribution is 2.17. The summed E-state index contributed by atoms with van der Waals surface area (Å²) in [5.74, 6) is -0.584. The highest BCUT2D eigenvalue weighted by atomic mass is 16.5. The molecule has 0 radical (unpaired) electrons. The van der Waals surface area contributed by atoms with Crippen LogP contribution in [-0.2, 0) is 14.3 Å². The number of ether oxygens (including phenoxy) is 1. The lowest BCUT2D eigenvalue weighted by atomic mass is 10.0. The van der Waals surface area contributed by atoms with E-state index < -0.39 is 18.2 Å². The summed E-state index contributed by atoms with van der Waals surface area (Å²) in [6, 6.07) is -0.724. The van der Waals surface area contributed by atoms with Gasteiger partial charge in [0.15, 0.2) is 0 Å². The Morgan fingerprint density at radius 3 is 1.59 bits per heavy atom. The Labute approximate surface area is 357 Å². The Bertz CT molecular complexity index is 1130. The fourth-order valence-corrected chi connectivity index (χ4v) is 6.79. The van der Waals surface area contributed by atoms with Crippen LogP contribution in [0.2, 0.25) is 0 Å². The number of hydrogen-bond acceptors (Lipinski definition) is 5. The van der Waals surface area contributed by atoms with Crippen LogP contribution in [0.1, 0.15) is 207 Å². The quantitative estimate of drug-likeness (QED) is 0.0247. The van der Waals surface area contributed by atoms with Gasteiger partial charge in [-0.2, -0.15) is 0 Å². The first-order chi connectivity index (χ1) is 28.5. The van der Waals surface area contributed by atoms with E-state index in [1.165, 1.54) is 70.6 Å². The zero-order valence-electron chi connectivity index (χ0n) is 37.6. The second-order valence-electron chi connectivity index (χ2n) is 15.9. The molecule has 0 bridgehead atoms. The number of esters is 1. The molecule has 0 aromatic carbocycles. The van der Waals surface area contributed by atoms with Gasteiger partial charge < -0.3 is 20.3 Å². The van der Waals surface area contributed by atoms with Gasteiger partial charge in [0.1, 0.15) is 6.10 Å². The van der Waals surface area contributed by atoms with E-state index in [1.807, 2.05) is 54.7 Å². The monoisotopic (exact) mass is 808 g/mol. The summed E-state index contributed by atoms with van der Waals surface area (Å²) in [6.45, 7) is 6.20. The number of carbonyl (C=O) groups excluding carboxylic acids is 2. The lowest BCUT2D eigenvalue weighted by molar-refractivity contribution is -0.151. The van der Waals surface area contributed by atoms with Crippen molar-refractivity contribution >= 4 is 11.9 Å². The van der Waals surface area contributed by atoms with E-state index in [1.54, 1.807) is 0 Å². The minimum atomic E-state index is -0.807. The largest absolute Gasteiger partial charge is 0.462 e. The van der Waals surface area contributed by atoms with Gasteiger partial charge in [0.2, 0.25) is 5.91 Å². The third-order valence-electron chi connectivity index (χ3n) is 10.3. The summed E-state index contributed by atoms with van der Waals surface area (Å²) < 4.78 is 5.86. The van der Waals surface area contributed by atoms with Crippen molar-refractivity contribution in [2.75, 3.05) is 6.61 Å². The fourth-order valence-electron chi connectivity index (χ4n) is 6.79. The van der Waals surface area contributed by atoms with Crippen molar-refractivity contribution in [3.8, 4) is 0 Å². The number of amides is 1. The van der Waals surface area contributed by atoms with Crippen LogP contribution in [0, 0.1) is 0 Å². The molecule has 3 N–H and O–H groups in total. The maximum Gasteiger partial charge on any atom is 0.306 e. The minimum absolute atomic E-state index is 0.0351. The number of hydrogen-bond donors (Lipinski definition) is 3. The molecule has 6 nitrogen and oxygen atoms in total. The molecule has 0 saturated heterocycles. The zero-order chi connectivity index (χ0) is 42.4. The van der Waals surface area contributed by atoms with Crippen LogP contribution in [0.5, 0.6) is 0 Å². The van der Waals surface area contributed by atoms with Gasteiger partial charge in [-0.05, 0) is 64.2 Å². The Morgan fingerprint density at radius 2 is 1.02 bits per heavy atom. The van der Waals surface area contributed by atoms with Crippen molar-refractivity contribution in [3.63, 3.8) is 0 Å². The number of rotatable bonds is 41. The Balaban J connectivity index is 4.69. The van der Waals surface area contributed by atoms with E-state index in [9.17, 15) is 19.8 Å². The van der Waals surface area contributed by atoms with Crippen molar-refractivity contribution in [1.82, 2.24) is 5.32 Å². The van der Waals surface area contributed by atoms with Crippen LogP contribution in [0.3, 0.4) is 0 Å². The van der Waals surface area contributed by atoms with E-state index >= 15 is 0 Å². The predicted octanol–water partition coefficient (Wildman–Crippen LogP) is 14.0. The Kier molecular flexibility index (Phi) is 42.8. The second-order valence-corrected chi connectivity index (χ2v) is 15.9. The van der Waals surface area contributed by atoms with Crippen LogP contribution in [0.4, 0.5) is 0 Å². The van der Waals surface area contributed by atoms with Gasteiger partial charge in [-0.25, -0.2) is 0 Å². The summed E-state index contributed by atoms with van der Waals surface area (Å²) in [5, 5.41) is 23.7. The second kappa shape index (κ2) is 45.1. The number of nitrogens with one attached hydrogen (secondary N) is 1. The fraction of sp³-hybridized carbons (Fsp3) is 0.692. The van der Waals surface area contributed by atoms with Gasteiger partial charge in [0.05, 0.1) is 25.2 Å². The number of carbonyl (C=O) groups is 2. The van der Waals surface area contributed by atoms with Crippen molar-refractivity contribution in [2.24, 2.45) is 0 Å². The summed E-state index contributed by atoms with van der Waals surface area (Å²) in [4.78, 5) is 26.0. The smallest absolute Gasteiger partial charge is 0.306 e. The Hall–Kier alpha value is -2.96. The van der Waals surface area contributed by atoms with Crippen molar-refractivity contribution in [1.29, 1.82) is 0 Å². The molecule has 6 heteroatoms. The van der Waals surface area contributed by atoms with Crippen LogP contribution >= 0.6 is 0 Å². The first-order valence-electron chi connectivity index (χ1n) is 23.9. The number of aliphatic hydroxyl groups is 2. The van der Waals surface area contributed by atoms with Crippen LogP contribution in [0.25, 0.3) is 0 Å². The molecule has 0 aliphatic heterocycles. The zero-order valence-corrected chi connectivity index (χ0v) is 37.6. The van der Waals surface area contributed by atoms with Crippen LogP contribution in [0.15, 0.2) is 85.1 Å². The third kappa shape index (κ3) is 39.8. The summed E-state index contributed by atoms with van der Waals surface area (Å²) in [7, 11) is 0. The molecule has 0 rings (SSSR count). The maximum atomic E-state index is 13.2. The van der Waals surface area contributed by atoms with Crippen LogP contribution < -0.4 is 5.32 Å². The average Bonchev–Trinajstić information content (AvgIpc) is 3.22. The maximum absolute atomic E-state index is 13.2. The summed E-state index contributed by atoms with van der Waals surface area (Å²) >= 11 is 0. The molecule has 0 fully saturated rings. The predicted molar refractivity (Wildman–Crippen MR) is 250 cm³/mol. The number of unbranched alkanes of at least 4 members (excludes halogenated alkanes) is 19.